The second-order valence-corrected chi connectivity index (χ2v) is 8.89. The molecule has 8 nitrogen and oxygen atoms in total. The number of nitrogens with zero attached hydrogens (tertiary/aromatic N) is 3. The topological polar surface area (TPSA) is 95.3 Å². The Morgan fingerprint density at radius 1 is 1.09 bits per heavy atom. The number of ketones is 1. The van der Waals surface area contributed by atoms with Crippen LogP contribution in [0.25, 0.3) is 6.08 Å². The number of carbonyl (C=O) groups excluding carboxylic acids is 2. The molecule has 1 N–H and O–H groups in total. The average molecular weight is 545 g/mol. The molecule has 0 unspecified atom stereocenters. The molecule has 0 aliphatic heterocycles. The molecule has 0 radical (unpaired) electrons. The summed E-state index contributed by atoms with van der Waals surface area (Å²) in [5, 5.41) is 11.8. The van der Waals surface area contributed by atoms with Crippen LogP contribution in [0.3, 0.4) is 0 Å². The van der Waals surface area contributed by atoms with Gasteiger partial charge in [0.15, 0.2) is 28.3 Å². The van der Waals surface area contributed by atoms with Crippen molar-refractivity contribution in [3.05, 3.63) is 70.0 Å². The Balaban J connectivity index is 1.56. The zero-order valence-corrected chi connectivity index (χ0v) is 21.5. The molecule has 1 aromatic heterocycles. The summed E-state index contributed by atoms with van der Waals surface area (Å²) >= 11 is 4.69. The Kier molecular flexibility index (Phi) is 9.29. The van der Waals surface area contributed by atoms with Crippen molar-refractivity contribution in [3.63, 3.8) is 0 Å². The highest BCUT2D eigenvalue weighted by Gasteiger charge is 2.14. The van der Waals surface area contributed by atoms with E-state index in [9.17, 15) is 9.59 Å². The fourth-order valence-electron chi connectivity index (χ4n) is 3.08. The standard InChI is InChI=1S/C24H25BrN4O4S/c1-4-29-22(27-28-24(29)34-15-19(30)17-7-9-18(25)10-8-17)14-26-23(31)12-6-16-5-11-20(32-2)21(13-16)33-3/h5-13H,4,14-15H2,1-3H3,(H,26,31)/b12-6+. The van der Waals surface area contributed by atoms with E-state index < -0.39 is 0 Å². The van der Waals surface area contributed by atoms with Crippen LogP contribution in [0, 0.1) is 0 Å². The van der Waals surface area contributed by atoms with Gasteiger partial charge in [0, 0.05) is 22.7 Å². The minimum atomic E-state index is -0.264. The van der Waals surface area contributed by atoms with Crippen molar-refractivity contribution in [1.82, 2.24) is 20.1 Å². The summed E-state index contributed by atoms with van der Waals surface area (Å²) in [7, 11) is 3.13. The first-order chi connectivity index (χ1) is 16.4. The molecule has 0 saturated carbocycles. The molecule has 3 rings (SSSR count). The van der Waals surface area contributed by atoms with Gasteiger partial charge in [-0.25, -0.2) is 0 Å². The summed E-state index contributed by atoms with van der Waals surface area (Å²) in [4.78, 5) is 24.7. The zero-order chi connectivity index (χ0) is 24.5. The first-order valence-corrected chi connectivity index (χ1v) is 12.2. The first-order valence-electron chi connectivity index (χ1n) is 10.5. The third-order valence-corrected chi connectivity index (χ3v) is 6.36. The third-order valence-electron chi connectivity index (χ3n) is 4.86. The number of rotatable bonds is 11. The summed E-state index contributed by atoms with van der Waals surface area (Å²) < 4.78 is 13.3. The molecule has 1 amide bonds. The van der Waals surface area contributed by atoms with E-state index in [4.69, 9.17) is 9.47 Å². The van der Waals surface area contributed by atoms with Crippen molar-refractivity contribution in [2.45, 2.75) is 25.2 Å². The maximum Gasteiger partial charge on any atom is 0.244 e. The lowest BCUT2D eigenvalue weighted by Gasteiger charge is -2.08. The number of amides is 1. The molecular weight excluding hydrogens is 520 g/mol. The second kappa shape index (κ2) is 12.4. The number of carbonyl (C=O) groups is 2. The van der Waals surface area contributed by atoms with E-state index in [2.05, 4.69) is 31.4 Å². The van der Waals surface area contributed by atoms with Crippen LogP contribution in [0.2, 0.25) is 0 Å². The number of halogens is 1. The summed E-state index contributed by atoms with van der Waals surface area (Å²) in [6.45, 7) is 2.80. The van der Waals surface area contributed by atoms with E-state index in [1.165, 1.54) is 17.8 Å². The molecule has 10 heteroatoms. The van der Waals surface area contributed by atoms with Gasteiger partial charge in [-0.2, -0.15) is 0 Å². The molecule has 34 heavy (non-hydrogen) atoms. The molecule has 178 valence electrons. The van der Waals surface area contributed by atoms with Gasteiger partial charge in [-0.3, -0.25) is 9.59 Å². The van der Waals surface area contributed by atoms with Crippen molar-refractivity contribution in [1.29, 1.82) is 0 Å². The number of ether oxygens (including phenoxy) is 2. The number of aromatic nitrogens is 3. The summed E-state index contributed by atoms with van der Waals surface area (Å²) in [5.74, 6) is 1.83. The Hall–Kier alpha value is -3.11. The summed E-state index contributed by atoms with van der Waals surface area (Å²) in [5.41, 5.74) is 1.45. The smallest absolute Gasteiger partial charge is 0.244 e. The molecule has 0 bridgehead atoms. The van der Waals surface area contributed by atoms with Crippen LogP contribution < -0.4 is 14.8 Å². The van der Waals surface area contributed by atoms with Gasteiger partial charge in [0.2, 0.25) is 5.91 Å². The molecule has 1 heterocycles. The number of Topliss-reactive ketones (excluding diaryl/α,β-unsaturated/α-hetero) is 1. The highest BCUT2D eigenvalue weighted by atomic mass is 79.9. The Morgan fingerprint density at radius 3 is 2.50 bits per heavy atom. The van der Waals surface area contributed by atoms with E-state index >= 15 is 0 Å². The Labute approximate surface area is 210 Å². The predicted octanol–water partition coefficient (Wildman–Crippen LogP) is 4.38. The van der Waals surface area contributed by atoms with Crippen molar-refractivity contribution < 1.29 is 19.1 Å². The van der Waals surface area contributed by atoms with Gasteiger partial charge in [0.05, 0.1) is 26.5 Å². The molecule has 2 aromatic carbocycles. The number of hydrogen-bond acceptors (Lipinski definition) is 7. The summed E-state index contributed by atoms with van der Waals surface area (Å²) in [6, 6.07) is 12.6. The maximum atomic E-state index is 12.4. The lowest BCUT2D eigenvalue weighted by Crippen LogP contribution is -2.22. The highest BCUT2D eigenvalue weighted by molar-refractivity contribution is 9.10. The van der Waals surface area contributed by atoms with Gasteiger partial charge in [-0.15, -0.1) is 10.2 Å². The summed E-state index contributed by atoms with van der Waals surface area (Å²) in [6.07, 6.45) is 3.14. The van der Waals surface area contributed by atoms with Crippen molar-refractivity contribution in [2.75, 3.05) is 20.0 Å². The van der Waals surface area contributed by atoms with E-state index in [1.54, 1.807) is 44.6 Å². The second-order valence-electron chi connectivity index (χ2n) is 7.03. The monoisotopic (exact) mass is 544 g/mol. The fourth-order valence-corrected chi connectivity index (χ4v) is 4.26. The number of nitrogens with one attached hydrogen (secondary N) is 1. The number of methoxy groups -OCH3 is 2. The highest BCUT2D eigenvalue weighted by Crippen LogP contribution is 2.28. The van der Waals surface area contributed by atoms with E-state index in [0.717, 1.165) is 10.0 Å². The van der Waals surface area contributed by atoms with Gasteiger partial charge in [-0.05, 0) is 42.8 Å². The molecule has 0 fully saturated rings. The zero-order valence-electron chi connectivity index (χ0n) is 19.1. The van der Waals surface area contributed by atoms with Crippen LogP contribution in [-0.4, -0.2) is 46.4 Å². The molecule has 0 spiro atoms. The van der Waals surface area contributed by atoms with E-state index in [1.807, 2.05) is 29.7 Å². The quantitative estimate of drug-likeness (QED) is 0.217. The predicted molar refractivity (Wildman–Crippen MR) is 135 cm³/mol. The number of benzene rings is 2. The van der Waals surface area contributed by atoms with E-state index in [-0.39, 0.29) is 24.0 Å². The Bertz CT molecular complexity index is 1180. The van der Waals surface area contributed by atoms with Crippen LogP contribution in [0.5, 0.6) is 11.5 Å². The van der Waals surface area contributed by atoms with Gasteiger partial charge >= 0.3 is 0 Å². The Morgan fingerprint density at radius 2 is 1.82 bits per heavy atom. The van der Waals surface area contributed by atoms with Gasteiger partial charge in [-0.1, -0.05) is 45.9 Å². The van der Waals surface area contributed by atoms with Gasteiger partial charge < -0.3 is 19.4 Å². The van der Waals surface area contributed by atoms with Crippen molar-refractivity contribution in [3.8, 4) is 11.5 Å². The molecule has 0 aliphatic carbocycles. The van der Waals surface area contributed by atoms with Crippen molar-refractivity contribution >= 4 is 45.5 Å². The van der Waals surface area contributed by atoms with Gasteiger partial charge in [0.1, 0.15) is 0 Å². The van der Waals surface area contributed by atoms with Crippen molar-refractivity contribution in [2.24, 2.45) is 0 Å². The van der Waals surface area contributed by atoms with Gasteiger partial charge in [0.25, 0.3) is 0 Å². The maximum absolute atomic E-state index is 12.4. The molecule has 0 aliphatic rings. The van der Waals surface area contributed by atoms with Crippen LogP contribution in [0.4, 0.5) is 0 Å². The third kappa shape index (κ3) is 6.71. The fraction of sp³-hybridized carbons (Fsp3) is 0.250. The number of hydrogen-bond donors (Lipinski definition) is 1. The molecular formula is C24H25BrN4O4S. The minimum absolute atomic E-state index is 0.0123. The minimum Gasteiger partial charge on any atom is -0.493 e. The molecule has 0 saturated heterocycles. The molecule has 3 aromatic rings. The average Bonchev–Trinajstić information content (AvgIpc) is 3.26. The van der Waals surface area contributed by atoms with E-state index in [0.29, 0.717) is 34.6 Å². The largest absolute Gasteiger partial charge is 0.493 e. The SMILES string of the molecule is CCn1c(CNC(=O)/C=C/c2ccc(OC)c(OC)c2)nnc1SCC(=O)c1ccc(Br)cc1. The first kappa shape index (κ1) is 25.5. The van der Waals surface area contributed by atoms with Crippen LogP contribution in [0.15, 0.2) is 58.2 Å². The lowest BCUT2D eigenvalue weighted by molar-refractivity contribution is -0.116. The molecule has 0 atom stereocenters. The van der Waals surface area contributed by atoms with Crippen LogP contribution in [0.1, 0.15) is 28.7 Å². The van der Waals surface area contributed by atoms with Crippen LogP contribution in [-0.2, 0) is 17.9 Å². The van der Waals surface area contributed by atoms with Crippen LogP contribution >= 0.6 is 27.7 Å². The lowest BCUT2D eigenvalue weighted by atomic mass is 10.2. The number of thioether (sulfide) groups is 1. The normalized spacial score (nSPS) is 10.9.